The molecule has 8 heteroatoms. The van der Waals surface area contributed by atoms with E-state index in [0.29, 0.717) is 16.0 Å². The summed E-state index contributed by atoms with van der Waals surface area (Å²) < 4.78 is 38.3. The molecule has 3 aromatic rings. The molecule has 5 rings (SSSR count). The lowest BCUT2D eigenvalue weighted by atomic mass is 10.0. The number of hydrogen-bond donors (Lipinski definition) is 1. The molecule has 1 saturated heterocycles. The van der Waals surface area contributed by atoms with Crippen LogP contribution in [0, 0.1) is 0 Å². The van der Waals surface area contributed by atoms with E-state index in [4.69, 9.17) is 0 Å². The van der Waals surface area contributed by atoms with E-state index in [1.165, 1.54) is 23.0 Å². The van der Waals surface area contributed by atoms with Crippen molar-refractivity contribution < 1.29 is 13.2 Å². The highest BCUT2D eigenvalue weighted by molar-refractivity contribution is 7.18. The number of aromatic nitrogens is 2. The number of allylic oxidation sites excluding steroid dienone is 1. The number of thiophene rings is 1. The second kappa shape index (κ2) is 8.24. The van der Waals surface area contributed by atoms with Crippen LogP contribution in [0.1, 0.15) is 28.8 Å². The van der Waals surface area contributed by atoms with Gasteiger partial charge in [0.1, 0.15) is 17.0 Å². The van der Waals surface area contributed by atoms with Crippen molar-refractivity contribution in [3.8, 4) is 0 Å². The van der Waals surface area contributed by atoms with Crippen molar-refractivity contribution in [1.29, 1.82) is 0 Å². The molecule has 162 valence electrons. The average molecular weight is 445 g/mol. The SMILES string of the molecule is FC(F)(F)Cc1cc2c(NC3CCN(CC4=CCc5ccccc54)CC3)ncnc2s1. The van der Waals surface area contributed by atoms with Gasteiger partial charge in [-0.3, -0.25) is 4.90 Å². The van der Waals surface area contributed by atoms with Crippen LogP contribution in [-0.2, 0) is 12.8 Å². The third-order valence-electron chi connectivity index (χ3n) is 6.01. The maximum atomic E-state index is 12.8. The molecule has 0 unspecified atom stereocenters. The van der Waals surface area contributed by atoms with E-state index >= 15 is 0 Å². The standard InChI is InChI=1S/C23H23F3N4S/c24-23(25,26)12-18-11-20-21(27-14-28-22(20)31-18)29-17-7-9-30(10-8-17)13-16-6-5-15-3-1-2-4-19(15)16/h1-4,6,11,14,17H,5,7-10,12-13H2,(H,27,28,29). The number of rotatable bonds is 5. The summed E-state index contributed by atoms with van der Waals surface area (Å²) in [6, 6.07) is 10.4. The van der Waals surface area contributed by atoms with E-state index in [1.54, 1.807) is 6.07 Å². The summed E-state index contributed by atoms with van der Waals surface area (Å²) in [7, 11) is 0. The molecule has 4 nitrogen and oxygen atoms in total. The maximum absolute atomic E-state index is 12.8. The van der Waals surface area contributed by atoms with Gasteiger partial charge in [-0.05, 0) is 42.0 Å². The molecular weight excluding hydrogens is 421 g/mol. The largest absolute Gasteiger partial charge is 0.393 e. The van der Waals surface area contributed by atoms with Crippen molar-refractivity contribution in [2.24, 2.45) is 0 Å². The van der Waals surface area contributed by atoms with Crippen molar-refractivity contribution in [3.05, 3.63) is 58.7 Å². The number of halogens is 3. The van der Waals surface area contributed by atoms with Gasteiger partial charge in [-0.25, -0.2) is 9.97 Å². The molecule has 0 spiro atoms. The Hall–Kier alpha value is -2.45. The Morgan fingerprint density at radius 2 is 1.94 bits per heavy atom. The van der Waals surface area contributed by atoms with Gasteiger partial charge in [0.15, 0.2) is 0 Å². The van der Waals surface area contributed by atoms with Crippen LogP contribution in [0.4, 0.5) is 19.0 Å². The Morgan fingerprint density at radius 3 is 2.74 bits per heavy atom. The number of nitrogens with one attached hydrogen (secondary N) is 1. The van der Waals surface area contributed by atoms with Crippen molar-refractivity contribution in [2.45, 2.75) is 37.9 Å². The van der Waals surface area contributed by atoms with Crippen molar-refractivity contribution in [1.82, 2.24) is 14.9 Å². The number of piperidine rings is 1. The zero-order chi connectivity index (χ0) is 21.4. The smallest absolute Gasteiger partial charge is 0.367 e. The van der Waals surface area contributed by atoms with E-state index in [1.807, 2.05) is 0 Å². The Bertz CT molecular complexity index is 1110. The number of benzene rings is 1. The topological polar surface area (TPSA) is 41.0 Å². The quantitative estimate of drug-likeness (QED) is 0.579. The predicted molar refractivity (Wildman–Crippen MR) is 118 cm³/mol. The van der Waals surface area contributed by atoms with Gasteiger partial charge in [0.25, 0.3) is 0 Å². The predicted octanol–water partition coefficient (Wildman–Crippen LogP) is 5.31. The highest BCUT2D eigenvalue weighted by Gasteiger charge is 2.29. The lowest BCUT2D eigenvalue weighted by Gasteiger charge is -2.33. The van der Waals surface area contributed by atoms with E-state index < -0.39 is 12.6 Å². The van der Waals surface area contributed by atoms with Crippen molar-refractivity contribution in [3.63, 3.8) is 0 Å². The maximum Gasteiger partial charge on any atom is 0.393 e. The summed E-state index contributed by atoms with van der Waals surface area (Å²) in [5, 5.41) is 4.15. The summed E-state index contributed by atoms with van der Waals surface area (Å²) in [6.45, 7) is 2.93. The van der Waals surface area contributed by atoms with Gasteiger partial charge in [0.05, 0.1) is 11.8 Å². The molecule has 1 N–H and O–H groups in total. The molecule has 0 bridgehead atoms. The van der Waals surface area contributed by atoms with Gasteiger partial charge < -0.3 is 5.32 Å². The molecule has 1 aliphatic carbocycles. The number of anilines is 1. The Kier molecular flexibility index (Phi) is 5.44. The van der Waals surface area contributed by atoms with Gasteiger partial charge in [-0.15, -0.1) is 11.3 Å². The first kappa shape index (κ1) is 20.5. The number of nitrogens with zero attached hydrogens (tertiary/aromatic N) is 3. The molecule has 0 saturated carbocycles. The highest BCUT2D eigenvalue weighted by atomic mass is 32.1. The molecule has 1 fully saturated rings. The first-order chi connectivity index (χ1) is 14.9. The van der Waals surface area contributed by atoms with Crippen LogP contribution in [0.3, 0.4) is 0 Å². The first-order valence-corrected chi connectivity index (χ1v) is 11.3. The number of hydrogen-bond acceptors (Lipinski definition) is 5. The summed E-state index contributed by atoms with van der Waals surface area (Å²) in [5.74, 6) is 0.639. The van der Waals surface area contributed by atoms with Crippen LogP contribution in [0.2, 0.25) is 0 Å². The van der Waals surface area contributed by atoms with Crippen molar-refractivity contribution >= 4 is 32.9 Å². The Balaban J connectivity index is 1.21. The summed E-state index contributed by atoms with van der Waals surface area (Å²) in [6.07, 6.45) is 1.58. The molecule has 31 heavy (non-hydrogen) atoms. The van der Waals surface area contributed by atoms with Crippen LogP contribution >= 0.6 is 11.3 Å². The van der Waals surface area contributed by atoms with Crippen LogP contribution in [-0.4, -0.2) is 46.7 Å². The van der Waals surface area contributed by atoms with Gasteiger partial charge in [-0.1, -0.05) is 30.3 Å². The minimum absolute atomic E-state index is 0.255. The zero-order valence-electron chi connectivity index (χ0n) is 17.0. The number of alkyl halides is 3. The zero-order valence-corrected chi connectivity index (χ0v) is 17.8. The number of fused-ring (bicyclic) bond motifs is 2. The summed E-state index contributed by atoms with van der Waals surface area (Å²) >= 11 is 1.09. The minimum Gasteiger partial charge on any atom is -0.367 e. The fraction of sp³-hybridized carbons (Fsp3) is 0.391. The van der Waals surface area contributed by atoms with Crippen LogP contribution in [0.15, 0.2) is 42.7 Å². The Labute approximate surface area is 182 Å². The minimum atomic E-state index is -4.22. The molecule has 0 atom stereocenters. The summed E-state index contributed by atoms with van der Waals surface area (Å²) in [5.41, 5.74) is 4.19. The monoisotopic (exact) mass is 444 g/mol. The molecule has 1 aromatic carbocycles. The van der Waals surface area contributed by atoms with E-state index in [9.17, 15) is 13.2 Å². The lowest BCUT2D eigenvalue weighted by molar-refractivity contribution is -0.126. The molecule has 0 radical (unpaired) electrons. The molecule has 3 heterocycles. The third kappa shape index (κ3) is 4.60. The van der Waals surface area contributed by atoms with Crippen LogP contribution < -0.4 is 5.32 Å². The first-order valence-electron chi connectivity index (χ1n) is 10.5. The summed E-state index contributed by atoms with van der Waals surface area (Å²) in [4.78, 5) is 11.8. The second-order valence-electron chi connectivity index (χ2n) is 8.23. The third-order valence-corrected chi connectivity index (χ3v) is 7.05. The molecular formula is C23H23F3N4S. The average Bonchev–Trinajstić information content (AvgIpc) is 3.32. The lowest BCUT2D eigenvalue weighted by Crippen LogP contribution is -2.39. The van der Waals surface area contributed by atoms with Crippen LogP contribution in [0.5, 0.6) is 0 Å². The van der Waals surface area contributed by atoms with E-state index in [-0.39, 0.29) is 10.9 Å². The molecule has 0 amide bonds. The van der Waals surface area contributed by atoms with Gasteiger partial charge >= 0.3 is 6.18 Å². The van der Waals surface area contributed by atoms with Gasteiger partial charge in [0, 0.05) is 30.6 Å². The fourth-order valence-electron chi connectivity index (χ4n) is 4.48. The van der Waals surface area contributed by atoms with Gasteiger partial charge in [-0.2, -0.15) is 13.2 Å². The fourth-order valence-corrected chi connectivity index (χ4v) is 5.51. The van der Waals surface area contributed by atoms with Crippen LogP contribution in [0.25, 0.3) is 15.8 Å². The Morgan fingerprint density at radius 1 is 1.13 bits per heavy atom. The van der Waals surface area contributed by atoms with Crippen molar-refractivity contribution in [2.75, 3.05) is 25.0 Å². The van der Waals surface area contributed by atoms with E-state index in [0.717, 1.165) is 50.2 Å². The molecule has 1 aliphatic heterocycles. The van der Waals surface area contributed by atoms with E-state index in [2.05, 4.69) is 50.5 Å². The normalized spacial score (nSPS) is 17.7. The highest BCUT2D eigenvalue weighted by Crippen LogP contribution is 2.33. The van der Waals surface area contributed by atoms with Gasteiger partial charge in [0.2, 0.25) is 0 Å². The molecule has 2 aliphatic rings. The second-order valence-corrected chi connectivity index (χ2v) is 9.35. The molecule has 2 aromatic heterocycles. The number of likely N-dealkylation sites (tertiary alicyclic amines) is 1.